The van der Waals surface area contributed by atoms with Crippen LogP contribution in [-0.2, 0) is 6.54 Å². The second kappa shape index (κ2) is 7.98. The minimum Gasteiger partial charge on any atom is -0.393 e. The molecule has 0 bridgehead atoms. The molecule has 1 saturated heterocycles. The fourth-order valence-corrected chi connectivity index (χ4v) is 2.51. The lowest BCUT2D eigenvalue weighted by Gasteiger charge is -2.31. The highest BCUT2D eigenvalue weighted by molar-refractivity contribution is 5.73. The molecule has 0 unspecified atom stereocenters. The predicted octanol–water partition coefficient (Wildman–Crippen LogP) is 2.00. The molecule has 0 aromatic heterocycles. The number of halogens is 1. The molecule has 2 amide bonds. The van der Waals surface area contributed by atoms with Crippen LogP contribution >= 0.6 is 0 Å². The maximum atomic E-state index is 14.2. The van der Waals surface area contributed by atoms with Crippen molar-refractivity contribution in [3.63, 3.8) is 0 Å². The molecule has 0 radical (unpaired) electrons. The molecule has 2 rings (SSSR count). The number of carbonyl (C=O) groups is 1. The summed E-state index contributed by atoms with van der Waals surface area (Å²) in [6.07, 6.45) is 1.94. The molecular weight excluding hydrogens is 285 g/mol. The summed E-state index contributed by atoms with van der Waals surface area (Å²) in [5.41, 5.74) is 1.29. The molecule has 3 N–H and O–H groups in total. The summed E-state index contributed by atoms with van der Waals surface area (Å²) in [7, 11) is 0. The normalized spacial score (nSPS) is 15.7. The molecule has 1 aliphatic heterocycles. The number of piperidine rings is 1. The van der Waals surface area contributed by atoms with Crippen LogP contribution in [0.5, 0.6) is 0 Å². The second-order valence-electron chi connectivity index (χ2n) is 5.61. The predicted molar refractivity (Wildman–Crippen MR) is 84.4 cm³/mol. The average Bonchev–Trinajstić information content (AvgIpc) is 2.52. The smallest absolute Gasteiger partial charge is 0.315 e. The molecule has 1 aromatic carbocycles. The molecule has 1 heterocycles. The Balaban J connectivity index is 1.90. The molecule has 1 fully saturated rings. The molecule has 0 aliphatic carbocycles. The Labute approximate surface area is 130 Å². The highest BCUT2D eigenvalue weighted by Gasteiger charge is 2.19. The number of nitrogens with zero attached hydrogens (tertiary/aromatic N) is 1. The van der Waals surface area contributed by atoms with Gasteiger partial charge in [0, 0.05) is 26.2 Å². The van der Waals surface area contributed by atoms with Gasteiger partial charge >= 0.3 is 6.03 Å². The van der Waals surface area contributed by atoms with Crippen molar-refractivity contribution in [3.05, 3.63) is 29.6 Å². The first-order chi connectivity index (χ1) is 10.6. The Hall–Kier alpha value is -1.82. The van der Waals surface area contributed by atoms with Crippen LogP contribution in [0, 0.1) is 5.82 Å². The summed E-state index contributed by atoms with van der Waals surface area (Å²) in [6.45, 7) is 4.23. The number of urea groups is 1. The summed E-state index contributed by atoms with van der Waals surface area (Å²) in [5, 5.41) is 14.9. The zero-order chi connectivity index (χ0) is 15.9. The highest BCUT2D eigenvalue weighted by Crippen LogP contribution is 2.24. The third-order valence-corrected chi connectivity index (χ3v) is 3.81. The van der Waals surface area contributed by atoms with Crippen LogP contribution in [0.4, 0.5) is 14.9 Å². The van der Waals surface area contributed by atoms with E-state index in [1.807, 2.05) is 17.9 Å². The summed E-state index contributed by atoms with van der Waals surface area (Å²) in [6, 6.07) is 4.79. The molecule has 22 heavy (non-hydrogen) atoms. The van der Waals surface area contributed by atoms with Gasteiger partial charge in [0.2, 0.25) is 0 Å². The van der Waals surface area contributed by atoms with Crippen LogP contribution in [0.2, 0.25) is 0 Å². The van der Waals surface area contributed by atoms with E-state index in [1.165, 1.54) is 6.07 Å². The Morgan fingerprint density at radius 1 is 1.36 bits per heavy atom. The van der Waals surface area contributed by atoms with Crippen LogP contribution in [0.1, 0.15) is 31.7 Å². The van der Waals surface area contributed by atoms with Crippen molar-refractivity contribution in [1.29, 1.82) is 0 Å². The van der Waals surface area contributed by atoms with Gasteiger partial charge in [0.1, 0.15) is 5.82 Å². The first kappa shape index (κ1) is 16.5. The topological polar surface area (TPSA) is 64.6 Å². The van der Waals surface area contributed by atoms with Gasteiger partial charge in [0.15, 0.2) is 0 Å². The largest absolute Gasteiger partial charge is 0.393 e. The number of aliphatic hydroxyl groups excluding tert-OH is 1. The van der Waals surface area contributed by atoms with E-state index in [0.717, 1.165) is 12.0 Å². The van der Waals surface area contributed by atoms with E-state index in [2.05, 4.69) is 10.6 Å². The van der Waals surface area contributed by atoms with Gasteiger partial charge in [-0.2, -0.15) is 0 Å². The molecular formula is C16H24FN3O2. The molecule has 0 spiro atoms. The number of carbonyl (C=O) groups excluding carboxylic acids is 1. The van der Waals surface area contributed by atoms with Gasteiger partial charge in [-0.15, -0.1) is 0 Å². The lowest BCUT2D eigenvalue weighted by atomic mass is 10.1. The monoisotopic (exact) mass is 309 g/mol. The van der Waals surface area contributed by atoms with Crippen molar-refractivity contribution in [3.8, 4) is 0 Å². The van der Waals surface area contributed by atoms with E-state index in [-0.39, 0.29) is 18.0 Å². The fourth-order valence-electron chi connectivity index (χ4n) is 2.51. The standard InChI is InChI=1S/C16H24FN3O2/c1-2-7-18-16(22)19-11-12-3-4-15(14(17)10-12)20-8-5-13(21)6-9-20/h3-4,10,13,21H,2,5-9,11H2,1H3,(H2,18,19,22). The Morgan fingerprint density at radius 3 is 2.73 bits per heavy atom. The van der Waals surface area contributed by atoms with Gasteiger partial charge in [0.05, 0.1) is 11.8 Å². The zero-order valence-electron chi connectivity index (χ0n) is 12.9. The minimum absolute atomic E-state index is 0.239. The third kappa shape index (κ3) is 4.59. The lowest BCUT2D eigenvalue weighted by molar-refractivity contribution is 0.145. The van der Waals surface area contributed by atoms with Gasteiger partial charge < -0.3 is 20.6 Å². The number of benzene rings is 1. The van der Waals surface area contributed by atoms with Crippen LogP contribution in [0.3, 0.4) is 0 Å². The molecule has 122 valence electrons. The van der Waals surface area contributed by atoms with Gasteiger partial charge in [-0.3, -0.25) is 0 Å². The van der Waals surface area contributed by atoms with Crippen LogP contribution < -0.4 is 15.5 Å². The van der Waals surface area contributed by atoms with Gasteiger partial charge in [-0.25, -0.2) is 9.18 Å². The van der Waals surface area contributed by atoms with Crippen molar-refractivity contribution in [2.24, 2.45) is 0 Å². The van der Waals surface area contributed by atoms with Crippen molar-refractivity contribution in [2.45, 2.75) is 38.8 Å². The van der Waals surface area contributed by atoms with E-state index in [9.17, 15) is 14.3 Å². The molecule has 1 aliphatic rings. The lowest BCUT2D eigenvalue weighted by Crippen LogP contribution is -2.36. The summed E-state index contributed by atoms with van der Waals surface area (Å²) in [4.78, 5) is 13.4. The van der Waals surface area contributed by atoms with Gasteiger partial charge in [-0.05, 0) is 37.0 Å². The summed E-state index contributed by atoms with van der Waals surface area (Å²) in [5.74, 6) is -0.287. The van der Waals surface area contributed by atoms with Crippen LogP contribution in [0.15, 0.2) is 18.2 Å². The molecule has 0 atom stereocenters. The number of hydrogen-bond donors (Lipinski definition) is 3. The van der Waals surface area contributed by atoms with Crippen LogP contribution in [0.25, 0.3) is 0 Å². The fraction of sp³-hybridized carbons (Fsp3) is 0.562. The number of nitrogens with one attached hydrogen (secondary N) is 2. The van der Waals surface area contributed by atoms with Crippen LogP contribution in [-0.4, -0.2) is 36.9 Å². The second-order valence-corrected chi connectivity index (χ2v) is 5.61. The first-order valence-corrected chi connectivity index (χ1v) is 7.83. The molecule has 6 heteroatoms. The minimum atomic E-state index is -0.287. The quantitative estimate of drug-likeness (QED) is 0.779. The third-order valence-electron chi connectivity index (χ3n) is 3.81. The number of anilines is 1. The maximum absolute atomic E-state index is 14.2. The maximum Gasteiger partial charge on any atom is 0.315 e. The first-order valence-electron chi connectivity index (χ1n) is 7.83. The molecule has 0 saturated carbocycles. The number of aliphatic hydroxyl groups is 1. The Morgan fingerprint density at radius 2 is 2.09 bits per heavy atom. The highest BCUT2D eigenvalue weighted by atomic mass is 19.1. The SMILES string of the molecule is CCCNC(=O)NCc1ccc(N2CCC(O)CC2)c(F)c1. The Bertz CT molecular complexity index is 502. The van der Waals surface area contributed by atoms with E-state index in [1.54, 1.807) is 6.07 Å². The molecule has 5 nitrogen and oxygen atoms in total. The number of hydrogen-bond acceptors (Lipinski definition) is 3. The van der Waals surface area contributed by atoms with Crippen molar-refractivity contribution >= 4 is 11.7 Å². The van der Waals surface area contributed by atoms with Gasteiger partial charge in [0.25, 0.3) is 0 Å². The average molecular weight is 309 g/mol. The van der Waals surface area contributed by atoms with Crippen molar-refractivity contribution < 1.29 is 14.3 Å². The van der Waals surface area contributed by atoms with E-state index >= 15 is 0 Å². The van der Waals surface area contributed by atoms with E-state index in [0.29, 0.717) is 44.7 Å². The summed E-state index contributed by atoms with van der Waals surface area (Å²) < 4.78 is 14.2. The number of rotatable bonds is 5. The van der Waals surface area contributed by atoms with Crippen molar-refractivity contribution in [1.82, 2.24) is 10.6 Å². The van der Waals surface area contributed by atoms with E-state index < -0.39 is 0 Å². The summed E-state index contributed by atoms with van der Waals surface area (Å²) >= 11 is 0. The Kier molecular flexibility index (Phi) is 6.00. The van der Waals surface area contributed by atoms with Crippen molar-refractivity contribution in [2.75, 3.05) is 24.5 Å². The molecule has 1 aromatic rings. The number of amides is 2. The zero-order valence-corrected chi connectivity index (χ0v) is 12.9. The van der Waals surface area contributed by atoms with E-state index in [4.69, 9.17) is 0 Å². The van der Waals surface area contributed by atoms with Gasteiger partial charge in [-0.1, -0.05) is 13.0 Å².